The number of aromatic nitrogens is 3. The van der Waals surface area contributed by atoms with Gasteiger partial charge in [0.25, 0.3) is 17.3 Å². The minimum atomic E-state index is -1.21. The highest BCUT2D eigenvalue weighted by Gasteiger charge is 2.54. The zero-order valence-corrected chi connectivity index (χ0v) is 21.3. The number of furan rings is 1. The molecule has 3 aromatic rings. The summed E-state index contributed by atoms with van der Waals surface area (Å²) in [5.74, 6) is -1.31. The molecule has 0 spiro atoms. The normalized spacial score (nSPS) is 19.3. The smallest absolute Gasteiger partial charge is 0.352 e. The number of nitrogens with one attached hydrogen (secondary N) is 1. The molecular formula is C24H24N7O6S+. The van der Waals surface area contributed by atoms with Crippen molar-refractivity contribution in [3.63, 3.8) is 0 Å². The molecular weight excluding hydrogens is 514 g/mol. The van der Waals surface area contributed by atoms with Crippen LogP contribution in [0.3, 0.4) is 0 Å². The number of nitrogen functional groups attached to an aromatic ring is 1. The third-order valence-electron chi connectivity index (χ3n) is 6.03. The van der Waals surface area contributed by atoms with E-state index in [0.717, 1.165) is 11.3 Å². The van der Waals surface area contributed by atoms with E-state index in [1.54, 1.807) is 6.92 Å². The average Bonchev–Trinajstić information content (AvgIpc) is 3.29. The fraction of sp³-hybridized carbons (Fsp3) is 0.292. The summed E-state index contributed by atoms with van der Waals surface area (Å²) in [6, 6.07) is 4.59. The molecule has 5 rings (SSSR count). The Morgan fingerprint density at radius 1 is 1.39 bits per heavy atom. The summed E-state index contributed by atoms with van der Waals surface area (Å²) < 4.78 is 7.56. The average molecular weight is 539 g/mol. The van der Waals surface area contributed by atoms with Crippen molar-refractivity contribution < 1.29 is 33.3 Å². The minimum Gasteiger partial charge on any atom is -0.477 e. The molecule has 38 heavy (non-hydrogen) atoms. The lowest BCUT2D eigenvalue weighted by Crippen LogP contribution is -2.71. The molecule has 14 heteroatoms. The maximum Gasteiger partial charge on any atom is 0.352 e. The predicted molar refractivity (Wildman–Crippen MR) is 135 cm³/mol. The molecule has 1 fully saturated rings. The maximum absolute atomic E-state index is 13.1. The number of carboxylic acid groups (broad SMARTS) is 1. The largest absolute Gasteiger partial charge is 0.477 e. The van der Waals surface area contributed by atoms with E-state index in [1.807, 2.05) is 35.9 Å². The van der Waals surface area contributed by atoms with Gasteiger partial charge in [-0.2, -0.15) is 4.57 Å². The van der Waals surface area contributed by atoms with Crippen molar-refractivity contribution in [2.75, 3.05) is 18.1 Å². The summed E-state index contributed by atoms with van der Waals surface area (Å²) in [7, 11) is 0. The number of aryl methyl sites for hydroxylation is 1. The number of β-lactam (4-membered cyclic amide) rings is 1. The molecule has 0 bridgehead atoms. The highest BCUT2D eigenvalue weighted by molar-refractivity contribution is 8.00. The monoisotopic (exact) mass is 538 g/mol. The van der Waals surface area contributed by atoms with Gasteiger partial charge in [0.1, 0.15) is 29.5 Å². The molecule has 0 aromatic carbocycles. The lowest BCUT2D eigenvalue weighted by molar-refractivity contribution is -0.663. The first kappa shape index (κ1) is 25.2. The van der Waals surface area contributed by atoms with Gasteiger partial charge in [-0.05, 0) is 19.9 Å². The molecule has 1 saturated heterocycles. The molecule has 4 N–H and O–H groups in total. The molecule has 0 radical (unpaired) electrons. The van der Waals surface area contributed by atoms with E-state index >= 15 is 0 Å². The second-order valence-electron chi connectivity index (χ2n) is 8.55. The van der Waals surface area contributed by atoms with Crippen LogP contribution in [0.25, 0.3) is 11.1 Å². The summed E-state index contributed by atoms with van der Waals surface area (Å²) in [4.78, 5) is 52.5. The number of carboxylic acids is 1. The van der Waals surface area contributed by atoms with Gasteiger partial charge in [0.05, 0.1) is 6.07 Å². The minimum absolute atomic E-state index is 0.0226. The van der Waals surface area contributed by atoms with Crippen LogP contribution in [0.2, 0.25) is 0 Å². The quantitative estimate of drug-likeness (QED) is 0.159. The molecule has 0 saturated carbocycles. The Morgan fingerprint density at radius 2 is 2.16 bits per heavy atom. The second-order valence-corrected chi connectivity index (χ2v) is 9.65. The van der Waals surface area contributed by atoms with Crippen LogP contribution >= 0.6 is 11.8 Å². The van der Waals surface area contributed by atoms with E-state index in [4.69, 9.17) is 15.0 Å². The second kappa shape index (κ2) is 10.1. The fourth-order valence-electron chi connectivity index (χ4n) is 4.35. The number of pyridine rings is 1. The molecule has 2 aliphatic heterocycles. The number of aliphatic carboxylic acids is 1. The van der Waals surface area contributed by atoms with Crippen LogP contribution in [-0.4, -0.2) is 67.2 Å². The lowest BCUT2D eigenvalue weighted by Gasteiger charge is -2.49. The number of hydrogen-bond acceptors (Lipinski definition) is 10. The number of amides is 2. The number of nitrogens with zero attached hydrogens (tertiary/aromatic N) is 5. The van der Waals surface area contributed by atoms with Crippen molar-refractivity contribution in [3.05, 3.63) is 59.4 Å². The molecule has 1 unspecified atom stereocenters. The Morgan fingerprint density at radius 3 is 2.87 bits per heavy atom. The van der Waals surface area contributed by atoms with E-state index < -0.39 is 29.2 Å². The van der Waals surface area contributed by atoms with Crippen LogP contribution < -0.4 is 15.6 Å². The van der Waals surface area contributed by atoms with E-state index in [9.17, 15) is 19.5 Å². The Bertz CT molecular complexity index is 1500. The van der Waals surface area contributed by atoms with Crippen LogP contribution in [0.15, 0.2) is 57.6 Å². The SMILES string of the molecule is CCO/N=C(/C(=O)NC1C(=O)N2C(C(=O)O)=C(C[n+]3cccc4oc(C)cc43)CS[C@H]12)c1cnc(N)nc1. The van der Waals surface area contributed by atoms with E-state index in [1.165, 1.54) is 29.1 Å². The Balaban J connectivity index is 1.38. The topological polar surface area (TPSA) is 177 Å². The number of carbonyl (C=O) groups excluding carboxylic acids is 2. The molecule has 196 valence electrons. The van der Waals surface area contributed by atoms with Gasteiger partial charge < -0.3 is 25.4 Å². The van der Waals surface area contributed by atoms with Crippen LogP contribution in [0, 0.1) is 6.92 Å². The summed E-state index contributed by atoms with van der Waals surface area (Å²) in [5.41, 5.74) is 7.64. The van der Waals surface area contributed by atoms with Crippen molar-refractivity contribution in [1.82, 2.24) is 20.2 Å². The molecule has 2 amide bonds. The predicted octanol–water partition coefficient (Wildman–Crippen LogP) is 0.580. The summed E-state index contributed by atoms with van der Waals surface area (Å²) in [6.45, 7) is 4.02. The molecule has 2 aliphatic rings. The number of anilines is 1. The van der Waals surface area contributed by atoms with Crippen molar-refractivity contribution in [3.8, 4) is 0 Å². The molecule has 2 atom stereocenters. The number of oxime groups is 1. The number of rotatable bonds is 8. The number of nitrogens with two attached hydrogens (primary N) is 1. The van der Waals surface area contributed by atoms with Gasteiger partial charge in [-0.25, -0.2) is 14.8 Å². The van der Waals surface area contributed by atoms with Crippen LogP contribution in [0.4, 0.5) is 5.95 Å². The van der Waals surface area contributed by atoms with Gasteiger partial charge in [0.15, 0.2) is 24.0 Å². The Hall–Kier alpha value is -4.46. The Labute approximate surface area is 220 Å². The van der Waals surface area contributed by atoms with Gasteiger partial charge in [0.2, 0.25) is 5.95 Å². The van der Waals surface area contributed by atoms with Crippen molar-refractivity contribution in [2.45, 2.75) is 31.8 Å². The zero-order valence-electron chi connectivity index (χ0n) is 20.5. The Kier molecular flexibility index (Phi) is 6.72. The highest BCUT2D eigenvalue weighted by atomic mass is 32.2. The summed E-state index contributed by atoms with van der Waals surface area (Å²) in [6.07, 6.45) is 4.48. The number of hydrogen-bond donors (Lipinski definition) is 3. The third-order valence-corrected chi connectivity index (χ3v) is 7.37. The molecule has 13 nitrogen and oxygen atoms in total. The number of fused-ring (bicyclic) bond motifs is 2. The van der Waals surface area contributed by atoms with E-state index in [-0.39, 0.29) is 36.1 Å². The third kappa shape index (κ3) is 4.53. The number of thioether (sulfide) groups is 1. The van der Waals surface area contributed by atoms with Crippen LogP contribution in [-0.2, 0) is 25.8 Å². The maximum atomic E-state index is 13.1. The standard InChI is InChI=1S/C24H23N7O6S/c1-3-36-29-17(13-8-26-24(25)27-9-13)20(32)28-18-21(33)31-19(23(34)35)14(11-38-22(18)31)10-30-6-4-5-16-15(30)7-12(2)37-16/h4-9,18,22H,3,10-11H2,1-2H3,(H3-,25,26,27,28,29,32,34,35)/p+1/t18?,22-/m1/s1. The van der Waals surface area contributed by atoms with Gasteiger partial charge in [-0.3, -0.25) is 14.5 Å². The van der Waals surface area contributed by atoms with Crippen molar-refractivity contribution >= 4 is 52.3 Å². The number of carbonyl (C=O) groups is 3. The van der Waals surface area contributed by atoms with Crippen LogP contribution in [0.5, 0.6) is 0 Å². The van der Waals surface area contributed by atoms with Crippen LogP contribution in [0.1, 0.15) is 18.2 Å². The summed E-state index contributed by atoms with van der Waals surface area (Å²) >= 11 is 1.37. The van der Waals surface area contributed by atoms with E-state index in [2.05, 4.69) is 20.4 Å². The summed E-state index contributed by atoms with van der Waals surface area (Å²) in [5, 5.41) is 16.0. The van der Waals surface area contributed by atoms with Gasteiger partial charge in [-0.1, -0.05) is 5.16 Å². The zero-order chi connectivity index (χ0) is 27.0. The first-order valence-electron chi connectivity index (χ1n) is 11.7. The van der Waals surface area contributed by atoms with Crippen molar-refractivity contribution in [2.24, 2.45) is 5.16 Å². The molecule has 0 aliphatic carbocycles. The van der Waals surface area contributed by atoms with E-state index in [0.29, 0.717) is 16.9 Å². The molecule has 3 aromatic heterocycles. The first-order chi connectivity index (χ1) is 18.3. The van der Waals surface area contributed by atoms with Gasteiger partial charge in [0, 0.05) is 35.3 Å². The fourth-order valence-corrected chi connectivity index (χ4v) is 5.69. The molecule has 5 heterocycles. The lowest BCUT2D eigenvalue weighted by atomic mass is 10.0. The van der Waals surface area contributed by atoms with Gasteiger partial charge in [-0.15, -0.1) is 11.8 Å². The highest BCUT2D eigenvalue weighted by Crippen LogP contribution is 2.40. The van der Waals surface area contributed by atoms with Crippen molar-refractivity contribution in [1.29, 1.82) is 0 Å². The first-order valence-corrected chi connectivity index (χ1v) is 12.7. The van der Waals surface area contributed by atoms with Gasteiger partial charge >= 0.3 is 5.97 Å².